The topological polar surface area (TPSA) is 38.3 Å². The molecular weight excluding hydrogens is 401 g/mol. The monoisotopic (exact) mass is 415 g/mol. The summed E-state index contributed by atoms with van der Waals surface area (Å²) in [5.74, 6) is 1.25. The molecule has 0 heterocycles. The maximum atomic E-state index is 11.8. The van der Waals surface area contributed by atoms with E-state index in [9.17, 15) is 4.79 Å². The zero-order valence-electron chi connectivity index (χ0n) is 12.7. The Bertz CT molecular complexity index is 699. The minimum absolute atomic E-state index is 0.0245. The summed E-state index contributed by atoms with van der Waals surface area (Å²) in [6.07, 6.45) is 0.472. The van der Waals surface area contributed by atoms with E-state index in [1.165, 1.54) is 0 Å². The van der Waals surface area contributed by atoms with Crippen LogP contribution in [0.15, 0.2) is 40.9 Å². The second-order valence-corrected chi connectivity index (χ2v) is 7.11. The molecule has 0 bridgehead atoms. The molecule has 122 valence electrons. The molecule has 0 aliphatic rings. The number of benzene rings is 2. The van der Waals surface area contributed by atoms with Crippen LogP contribution in [-0.4, -0.2) is 5.91 Å². The normalized spacial score (nSPS) is 10.7. The van der Waals surface area contributed by atoms with Gasteiger partial charge in [0.1, 0.15) is 5.75 Å². The van der Waals surface area contributed by atoms with Gasteiger partial charge in [-0.25, -0.2) is 0 Å². The molecule has 0 unspecified atom stereocenters. The van der Waals surface area contributed by atoms with E-state index < -0.39 is 0 Å². The summed E-state index contributed by atoms with van der Waals surface area (Å²) in [6.45, 7) is 4.00. The Morgan fingerprint density at radius 1 is 1.22 bits per heavy atom. The van der Waals surface area contributed by atoms with Crippen molar-refractivity contribution in [1.29, 1.82) is 0 Å². The van der Waals surface area contributed by atoms with Gasteiger partial charge in [-0.15, -0.1) is 0 Å². The molecule has 2 aromatic carbocycles. The van der Waals surface area contributed by atoms with Crippen LogP contribution in [0.5, 0.6) is 11.5 Å². The number of hydrogen-bond acceptors (Lipinski definition) is 2. The Morgan fingerprint density at radius 3 is 2.43 bits per heavy atom. The summed E-state index contributed by atoms with van der Waals surface area (Å²) in [5, 5.41) is 3.73. The fourth-order valence-electron chi connectivity index (χ4n) is 1.93. The second kappa shape index (κ2) is 8.04. The van der Waals surface area contributed by atoms with E-state index >= 15 is 0 Å². The molecular formula is C17H16BrCl2NO2. The van der Waals surface area contributed by atoms with E-state index in [4.69, 9.17) is 27.9 Å². The molecule has 6 heteroatoms. The molecule has 0 radical (unpaired) electrons. The number of halogens is 3. The lowest BCUT2D eigenvalue weighted by atomic mass is 10.1. The minimum atomic E-state index is -0.0245. The molecule has 0 saturated carbocycles. The van der Waals surface area contributed by atoms with Crippen molar-refractivity contribution in [1.82, 2.24) is 0 Å². The largest absolute Gasteiger partial charge is 0.454 e. The zero-order valence-corrected chi connectivity index (χ0v) is 15.8. The highest BCUT2D eigenvalue weighted by atomic mass is 79.9. The number of ether oxygens (including phenoxy) is 1. The summed E-state index contributed by atoms with van der Waals surface area (Å²) in [6, 6.07) is 10.4. The first-order chi connectivity index (χ1) is 10.9. The van der Waals surface area contributed by atoms with E-state index in [2.05, 4.69) is 21.2 Å². The van der Waals surface area contributed by atoms with Crippen LogP contribution in [0, 0.1) is 5.92 Å². The van der Waals surface area contributed by atoms with Gasteiger partial charge in [0.25, 0.3) is 0 Å². The van der Waals surface area contributed by atoms with E-state index in [0.717, 1.165) is 4.47 Å². The summed E-state index contributed by atoms with van der Waals surface area (Å²) in [5.41, 5.74) is 0.688. The maximum Gasteiger partial charge on any atom is 0.224 e. The number of carbonyl (C=O) groups excluding carboxylic acids is 1. The number of hydrogen-bond donors (Lipinski definition) is 1. The van der Waals surface area contributed by atoms with Gasteiger partial charge in [0, 0.05) is 10.9 Å². The third kappa shape index (κ3) is 5.13. The SMILES string of the molecule is CC(C)CC(=O)Nc1ccc(Oc2c(Cl)cccc2Cl)cc1Br. The molecule has 0 saturated heterocycles. The Labute approximate surface area is 154 Å². The van der Waals surface area contributed by atoms with Gasteiger partial charge in [-0.1, -0.05) is 43.1 Å². The summed E-state index contributed by atoms with van der Waals surface area (Å²) >= 11 is 15.6. The van der Waals surface area contributed by atoms with Gasteiger partial charge >= 0.3 is 0 Å². The number of rotatable bonds is 5. The second-order valence-electron chi connectivity index (χ2n) is 5.44. The fourth-order valence-corrected chi connectivity index (χ4v) is 2.86. The summed E-state index contributed by atoms with van der Waals surface area (Å²) in [4.78, 5) is 11.8. The molecule has 0 atom stereocenters. The van der Waals surface area contributed by atoms with E-state index in [1.807, 2.05) is 13.8 Å². The molecule has 1 N–H and O–H groups in total. The predicted molar refractivity (Wildman–Crippen MR) is 98.8 cm³/mol. The minimum Gasteiger partial charge on any atom is -0.454 e. The molecule has 23 heavy (non-hydrogen) atoms. The average Bonchev–Trinajstić information content (AvgIpc) is 2.45. The van der Waals surface area contributed by atoms with Gasteiger partial charge in [-0.2, -0.15) is 0 Å². The third-order valence-corrected chi connectivity index (χ3v) is 4.20. The highest BCUT2D eigenvalue weighted by Gasteiger charge is 2.11. The van der Waals surface area contributed by atoms with Crippen LogP contribution < -0.4 is 10.1 Å². The maximum absolute atomic E-state index is 11.8. The molecule has 3 nitrogen and oxygen atoms in total. The fraction of sp³-hybridized carbons (Fsp3) is 0.235. The number of nitrogens with one attached hydrogen (secondary N) is 1. The van der Waals surface area contributed by atoms with Crippen LogP contribution >= 0.6 is 39.1 Å². The van der Waals surface area contributed by atoms with E-state index in [1.54, 1.807) is 36.4 Å². The lowest BCUT2D eigenvalue weighted by Crippen LogP contribution is -2.14. The number of carbonyl (C=O) groups is 1. The summed E-state index contributed by atoms with van der Waals surface area (Å²) < 4.78 is 6.46. The predicted octanol–water partition coefficient (Wildman–Crippen LogP) is 6.53. The van der Waals surface area contributed by atoms with Gasteiger partial charge in [-0.05, 0) is 52.2 Å². The first-order valence-corrected chi connectivity index (χ1v) is 8.63. The number of amides is 1. The lowest BCUT2D eigenvalue weighted by Gasteiger charge is -2.12. The van der Waals surface area contributed by atoms with Crippen molar-refractivity contribution >= 4 is 50.7 Å². The molecule has 0 spiro atoms. The lowest BCUT2D eigenvalue weighted by molar-refractivity contribution is -0.116. The van der Waals surface area contributed by atoms with E-state index in [-0.39, 0.29) is 5.91 Å². The van der Waals surface area contributed by atoms with Gasteiger partial charge in [0.2, 0.25) is 5.91 Å². The van der Waals surface area contributed by atoms with E-state index in [0.29, 0.717) is 39.6 Å². The molecule has 0 aliphatic heterocycles. The Balaban J connectivity index is 2.15. The first-order valence-electron chi connectivity index (χ1n) is 7.08. The van der Waals surface area contributed by atoms with Crippen molar-refractivity contribution < 1.29 is 9.53 Å². The van der Waals surface area contributed by atoms with Crippen LogP contribution in [0.2, 0.25) is 10.0 Å². The quantitative estimate of drug-likeness (QED) is 0.601. The van der Waals surface area contributed by atoms with Crippen LogP contribution in [0.4, 0.5) is 5.69 Å². The first kappa shape index (κ1) is 18.1. The van der Waals surface area contributed by atoms with Crippen LogP contribution in [0.3, 0.4) is 0 Å². The third-order valence-electron chi connectivity index (χ3n) is 2.95. The standard InChI is InChI=1S/C17H16BrCl2NO2/c1-10(2)8-16(22)21-15-7-6-11(9-12(15)18)23-17-13(19)4-3-5-14(17)20/h3-7,9-10H,8H2,1-2H3,(H,21,22). The molecule has 0 fully saturated rings. The highest BCUT2D eigenvalue weighted by molar-refractivity contribution is 9.10. The molecule has 0 aromatic heterocycles. The van der Waals surface area contributed by atoms with Crippen molar-refractivity contribution in [3.63, 3.8) is 0 Å². The van der Waals surface area contributed by atoms with Crippen LogP contribution in [-0.2, 0) is 4.79 Å². The average molecular weight is 417 g/mol. The number of para-hydroxylation sites is 1. The van der Waals surface area contributed by atoms with Crippen molar-refractivity contribution in [2.75, 3.05) is 5.32 Å². The molecule has 2 aromatic rings. The number of anilines is 1. The summed E-state index contributed by atoms with van der Waals surface area (Å²) in [7, 11) is 0. The molecule has 1 amide bonds. The molecule has 2 rings (SSSR count). The van der Waals surface area contributed by atoms with Gasteiger partial charge < -0.3 is 10.1 Å². The van der Waals surface area contributed by atoms with Crippen molar-refractivity contribution in [3.05, 3.63) is 50.9 Å². The zero-order chi connectivity index (χ0) is 17.0. The van der Waals surface area contributed by atoms with Crippen molar-refractivity contribution in [3.8, 4) is 11.5 Å². The van der Waals surface area contributed by atoms with Crippen molar-refractivity contribution in [2.24, 2.45) is 5.92 Å². The van der Waals surface area contributed by atoms with Crippen LogP contribution in [0.25, 0.3) is 0 Å². The van der Waals surface area contributed by atoms with Gasteiger partial charge in [0.15, 0.2) is 5.75 Å². The smallest absolute Gasteiger partial charge is 0.224 e. The molecule has 0 aliphatic carbocycles. The Hall–Kier alpha value is -1.23. The Kier molecular flexibility index (Phi) is 6.33. The van der Waals surface area contributed by atoms with Crippen molar-refractivity contribution in [2.45, 2.75) is 20.3 Å². The Morgan fingerprint density at radius 2 is 1.87 bits per heavy atom. The van der Waals surface area contributed by atoms with Crippen LogP contribution in [0.1, 0.15) is 20.3 Å². The van der Waals surface area contributed by atoms with Gasteiger partial charge in [0.05, 0.1) is 15.7 Å². The highest BCUT2D eigenvalue weighted by Crippen LogP contribution is 2.37. The van der Waals surface area contributed by atoms with Gasteiger partial charge in [-0.3, -0.25) is 4.79 Å².